The van der Waals surface area contributed by atoms with E-state index >= 15 is 0 Å². The number of hydrogen-bond acceptors (Lipinski definition) is 3. The largest absolute Gasteiger partial charge is 0.345 e. The summed E-state index contributed by atoms with van der Waals surface area (Å²) >= 11 is 1.42. The number of hydrogen-bond donors (Lipinski definition) is 2. The highest BCUT2D eigenvalue weighted by molar-refractivity contribution is 8.04. The summed E-state index contributed by atoms with van der Waals surface area (Å²) in [7, 11) is 0. The second-order valence-electron chi connectivity index (χ2n) is 7.80. The Hall–Kier alpha value is -3.31. The number of thioether (sulfide) groups is 1. The molecule has 0 radical (unpaired) electrons. The smallest absolute Gasteiger partial charge is 0.262 e. The van der Waals surface area contributed by atoms with Crippen molar-refractivity contribution in [2.75, 3.05) is 5.32 Å². The highest BCUT2D eigenvalue weighted by Gasteiger charge is 2.24. The molecular formula is C26H22N2O2S. The van der Waals surface area contributed by atoms with Gasteiger partial charge in [0.1, 0.15) is 0 Å². The van der Waals surface area contributed by atoms with Crippen LogP contribution in [0.4, 0.5) is 5.69 Å². The van der Waals surface area contributed by atoms with Gasteiger partial charge in [-0.05, 0) is 60.2 Å². The summed E-state index contributed by atoms with van der Waals surface area (Å²) in [5.74, 6) is -0.269. The zero-order chi connectivity index (χ0) is 21.2. The Bertz CT molecular complexity index is 1190. The fourth-order valence-corrected chi connectivity index (χ4v) is 5.08. The molecule has 0 bridgehead atoms. The Kier molecular flexibility index (Phi) is 5.35. The first kappa shape index (κ1) is 19.6. The molecule has 0 saturated carbocycles. The first-order chi connectivity index (χ1) is 15.2. The summed E-state index contributed by atoms with van der Waals surface area (Å²) in [6, 6.07) is 23.6. The molecule has 1 aliphatic heterocycles. The average molecular weight is 427 g/mol. The van der Waals surface area contributed by atoms with Crippen LogP contribution in [0, 0.1) is 0 Å². The molecule has 0 spiro atoms. The number of aryl methyl sites for hydroxylation is 1. The molecule has 31 heavy (non-hydrogen) atoms. The Labute approximate surface area is 185 Å². The molecular weight excluding hydrogens is 404 g/mol. The van der Waals surface area contributed by atoms with Gasteiger partial charge in [0.05, 0.1) is 16.6 Å². The molecule has 2 amide bonds. The highest BCUT2D eigenvalue weighted by Crippen LogP contribution is 2.39. The third kappa shape index (κ3) is 4.14. The predicted molar refractivity (Wildman–Crippen MR) is 125 cm³/mol. The molecule has 4 nitrogen and oxygen atoms in total. The number of nitrogens with one attached hydrogen (secondary N) is 2. The van der Waals surface area contributed by atoms with Crippen molar-refractivity contribution in [2.45, 2.75) is 30.2 Å². The Morgan fingerprint density at radius 3 is 2.71 bits per heavy atom. The van der Waals surface area contributed by atoms with Crippen LogP contribution in [-0.4, -0.2) is 11.8 Å². The minimum Gasteiger partial charge on any atom is -0.345 e. The van der Waals surface area contributed by atoms with E-state index in [1.165, 1.54) is 22.9 Å². The van der Waals surface area contributed by atoms with E-state index < -0.39 is 0 Å². The second kappa shape index (κ2) is 8.44. The average Bonchev–Trinajstić information content (AvgIpc) is 2.80. The molecule has 1 heterocycles. The fourth-order valence-electron chi connectivity index (χ4n) is 4.15. The van der Waals surface area contributed by atoms with Gasteiger partial charge >= 0.3 is 0 Å². The van der Waals surface area contributed by atoms with Gasteiger partial charge < -0.3 is 10.6 Å². The zero-order valence-corrected chi connectivity index (χ0v) is 17.7. The van der Waals surface area contributed by atoms with Crippen LogP contribution in [0.3, 0.4) is 0 Å². The van der Waals surface area contributed by atoms with Crippen molar-refractivity contribution in [3.8, 4) is 0 Å². The van der Waals surface area contributed by atoms with Gasteiger partial charge in [0, 0.05) is 10.5 Å². The molecule has 0 saturated heterocycles. The van der Waals surface area contributed by atoms with Gasteiger partial charge in [0.2, 0.25) is 0 Å². The standard InChI is InChI=1S/C26H22N2O2S/c29-25(27-21-12-6-10-18-9-4-5-11-20(18)21)19-13-14-23-22(16-19)28-26(30)24(31-23)15-17-7-2-1-3-8-17/h1-5,7-9,11,13-16,21H,6,10,12H2,(H,27,29)(H,28,30)/b24-15-/t21-/m0/s1. The van der Waals surface area contributed by atoms with Gasteiger partial charge in [-0.1, -0.05) is 66.4 Å². The van der Waals surface area contributed by atoms with E-state index in [-0.39, 0.29) is 17.9 Å². The Morgan fingerprint density at radius 2 is 1.84 bits per heavy atom. The normalized spacial score (nSPS) is 18.6. The molecule has 1 atom stereocenters. The van der Waals surface area contributed by atoms with Crippen molar-refractivity contribution in [3.63, 3.8) is 0 Å². The van der Waals surface area contributed by atoms with Crippen molar-refractivity contribution in [1.82, 2.24) is 5.32 Å². The SMILES string of the molecule is O=C1Nc2cc(C(=O)N[C@H]3CCCc4ccccc43)ccc2S/C1=C\c1ccccc1. The summed E-state index contributed by atoms with van der Waals surface area (Å²) in [4.78, 5) is 27.1. The number of rotatable bonds is 3. The molecule has 2 N–H and O–H groups in total. The molecule has 154 valence electrons. The van der Waals surface area contributed by atoms with Crippen molar-refractivity contribution in [3.05, 3.63) is 100.0 Å². The zero-order valence-electron chi connectivity index (χ0n) is 16.9. The number of amides is 2. The minimum atomic E-state index is -0.153. The van der Waals surface area contributed by atoms with Crippen LogP contribution in [0.1, 0.15) is 45.9 Å². The minimum absolute atomic E-state index is 0.0258. The summed E-state index contributed by atoms with van der Waals surface area (Å²) in [6.07, 6.45) is 4.94. The quantitative estimate of drug-likeness (QED) is 0.538. The summed E-state index contributed by atoms with van der Waals surface area (Å²) in [5, 5.41) is 6.12. The summed E-state index contributed by atoms with van der Waals surface area (Å²) in [6.45, 7) is 0. The maximum atomic E-state index is 13.0. The van der Waals surface area contributed by atoms with Gasteiger partial charge in [0.15, 0.2) is 0 Å². The maximum Gasteiger partial charge on any atom is 0.262 e. The number of fused-ring (bicyclic) bond motifs is 2. The first-order valence-electron chi connectivity index (χ1n) is 10.5. The molecule has 1 aliphatic carbocycles. The molecule has 0 unspecified atom stereocenters. The fraction of sp³-hybridized carbons (Fsp3) is 0.154. The Balaban J connectivity index is 1.35. The van der Waals surface area contributed by atoms with E-state index in [0.717, 1.165) is 29.7 Å². The Morgan fingerprint density at radius 1 is 1.03 bits per heavy atom. The van der Waals surface area contributed by atoms with Gasteiger partial charge in [-0.2, -0.15) is 0 Å². The monoisotopic (exact) mass is 426 g/mol. The number of carbonyl (C=O) groups is 2. The van der Waals surface area contributed by atoms with Crippen LogP contribution in [0.25, 0.3) is 6.08 Å². The van der Waals surface area contributed by atoms with E-state index in [0.29, 0.717) is 16.2 Å². The van der Waals surface area contributed by atoms with Crippen molar-refractivity contribution in [2.24, 2.45) is 0 Å². The molecule has 3 aromatic rings. The van der Waals surface area contributed by atoms with Crippen molar-refractivity contribution >= 4 is 35.3 Å². The van der Waals surface area contributed by atoms with E-state index in [4.69, 9.17) is 0 Å². The van der Waals surface area contributed by atoms with Crippen molar-refractivity contribution < 1.29 is 9.59 Å². The van der Waals surface area contributed by atoms with Gasteiger partial charge in [-0.3, -0.25) is 9.59 Å². The lowest BCUT2D eigenvalue weighted by Crippen LogP contribution is -2.31. The molecule has 0 fully saturated rings. The lowest BCUT2D eigenvalue weighted by molar-refractivity contribution is -0.112. The number of anilines is 1. The second-order valence-corrected chi connectivity index (χ2v) is 8.89. The third-order valence-corrected chi connectivity index (χ3v) is 6.80. The lowest BCUT2D eigenvalue weighted by Gasteiger charge is -2.26. The van der Waals surface area contributed by atoms with E-state index in [1.807, 2.05) is 60.7 Å². The van der Waals surface area contributed by atoms with E-state index in [9.17, 15) is 9.59 Å². The van der Waals surface area contributed by atoms with Gasteiger partial charge in [0.25, 0.3) is 11.8 Å². The molecule has 3 aromatic carbocycles. The van der Waals surface area contributed by atoms with Crippen LogP contribution in [0.15, 0.2) is 82.6 Å². The topological polar surface area (TPSA) is 58.2 Å². The number of benzene rings is 3. The van der Waals surface area contributed by atoms with Gasteiger partial charge in [-0.25, -0.2) is 0 Å². The molecule has 0 aromatic heterocycles. The van der Waals surface area contributed by atoms with E-state index in [2.05, 4.69) is 22.8 Å². The molecule has 5 rings (SSSR count). The highest BCUT2D eigenvalue weighted by atomic mass is 32.2. The summed E-state index contributed by atoms with van der Waals surface area (Å²) < 4.78 is 0. The van der Waals surface area contributed by atoms with Crippen LogP contribution >= 0.6 is 11.8 Å². The first-order valence-corrected chi connectivity index (χ1v) is 11.3. The van der Waals surface area contributed by atoms with Crippen LogP contribution in [-0.2, 0) is 11.2 Å². The van der Waals surface area contributed by atoms with E-state index in [1.54, 1.807) is 6.07 Å². The van der Waals surface area contributed by atoms with Crippen molar-refractivity contribution in [1.29, 1.82) is 0 Å². The summed E-state index contributed by atoms with van der Waals surface area (Å²) in [5.41, 5.74) is 4.73. The predicted octanol–water partition coefficient (Wildman–Crippen LogP) is 5.58. The maximum absolute atomic E-state index is 13.0. The number of carbonyl (C=O) groups excluding carboxylic acids is 2. The van der Waals surface area contributed by atoms with Crippen LogP contribution in [0.5, 0.6) is 0 Å². The van der Waals surface area contributed by atoms with Gasteiger partial charge in [-0.15, -0.1) is 0 Å². The molecule has 5 heteroatoms. The third-order valence-electron chi connectivity index (χ3n) is 5.71. The lowest BCUT2D eigenvalue weighted by atomic mass is 9.87. The molecule has 2 aliphatic rings. The van der Waals surface area contributed by atoms with Crippen LogP contribution in [0.2, 0.25) is 0 Å². The van der Waals surface area contributed by atoms with Crippen LogP contribution < -0.4 is 10.6 Å².